The Labute approximate surface area is 120 Å². The second-order valence-electron chi connectivity index (χ2n) is 5.50. The molecule has 0 radical (unpaired) electrons. The van der Waals surface area contributed by atoms with E-state index in [4.69, 9.17) is 4.74 Å². The summed E-state index contributed by atoms with van der Waals surface area (Å²) >= 11 is 0. The van der Waals surface area contributed by atoms with Crippen molar-refractivity contribution in [2.45, 2.75) is 25.3 Å². The second-order valence-corrected chi connectivity index (χ2v) is 5.50. The molecule has 2 aromatic rings. The molecule has 1 aliphatic rings. The predicted octanol–water partition coefficient (Wildman–Crippen LogP) is 4.54. The Balaban J connectivity index is 1.67. The highest BCUT2D eigenvalue weighted by Crippen LogP contribution is 2.37. The predicted molar refractivity (Wildman–Crippen MR) is 82.1 cm³/mol. The van der Waals surface area contributed by atoms with Crippen LogP contribution in [-0.4, -0.2) is 7.05 Å². The summed E-state index contributed by atoms with van der Waals surface area (Å²) in [7, 11) is 2.04. The summed E-state index contributed by atoms with van der Waals surface area (Å²) in [4.78, 5) is 0. The van der Waals surface area contributed by atoms with Crippen LogP contribution in [0.2, 0.25) is 0 Å². The van der Waals surface area contributed by atoms with E-state index in [2.05, 4.69) is 29.6 Å². The number of rotatable bonds is 6. The molecule has 0 amide bonds. The quantitative estimate of drug-likeness (QED) is 0.829. The van der Waals surface area contributed by atoms with Crippen molar-refractivity contribution in [3.8, 4) is 11.5 Å². The van der Waals surface area contributed by atoms with Gasteiger partial charge in [0.1, 0.15) is 11.5 Å². The SMILES string of the molecule is CNC(CC1CC1)c1ccc(Oc2ccccc2)cc1. The van der Waals surface area contributed by atoms with Crippen LogP contribution in [0.25, 0.3) is 0 Å². The molecular formula is C18H21NO. The van der Waals surface area contributed by atoms with Crippen LogP contribution in [0, 0.1) is 5.92 Å². The summed E-state index contributed by atoms with van der Waals surface area (Å²) in [6.07, 6.45) is 4.04. The van der Waals surface area contributed by atoms with Crippen LogP contribution >= 0.6 is 0 Å². The summed E-state index contributed by atoms with van der Waals surface area (Å²) in [5, 5.41) is 3.42. The second kappa shape index (κ2) is 6.10. The Morgan fingerprint density at radius 3 is 2.25 bits per heavy atom. The molecule has 0 heterocycles. The fraction of sp³-hybridized carbons (Fsp3) is 0.333. The maximum atomic E-state index is 5.82. The Bertz CT molecular complexity index is 531. The lowest BCUT2D eigenvalue weighted by atomic mass is 10.0. The first-order chi connectivity index (χ1) is 9.85. The molecule has 1 fully saturated rings. The van der Waals surface area contributed by atoms with Crippen molar-refractivity contribution in [1.29, 1.82) is 0 Å². The summed E-state index contributed by atoms with van der Waals surface area (Å²) in [6.45, 7) is 0. The Kier molecular flexibility index (Phi) is 4.03. The first kappa shape index (κ1) is 13.2. The summed E-state index contributed by atoms with van der Waals surface area (Å²) in [6, 6.07) is 18.8. The number of nitrogens with one attached hydrogen (secondary N) is 1. The number of ether oxygens (including phenoxy) is 1. The van der Waals surface area contributed by atoms with Crippen molar-refractivity contribution in [3.63, 3.8) is 0 Å². The highest BCUT2D eigenvalue weighted by atomic mass is 16.5. The summed E-state index contributed by atoms with van der Waals surface area (Å²) < 4.78 is 5.82. The monoisotopic (exact) mass is 267 g/mol. The first-order valence-electron chi connectivity index (χ1n) is 7.35. The van der Waals surface area contributed by atoms with Gasteiger partial charge in [0.25, 0.3) is 0 Å². The minimum Gasteiger partial charge on any atom is -0.457 e. The van der Waals surface area contributed by atoms with Gasteiger partial charge in [-0.1, -0.05) is 43.2 Å². The molecule has 0 bridgehead atoms. The molecule has 2 aromatic carbocycles. The van der Waals surface area contributed by atoms with Gasteiger partial charge in [0, 0.05) is 6.04 Å². The van der Waals surface area contributed by atoms with Gasteiger partial charge >= 0.3 is 0 Å². The molecule has 20 heavy (non-hydrogen) atoms. The minimum absolute atomic E-state index is 0.466. The molecule has 0 saturated heterocycles. The minimum atomic E-state index is 0.466. The van der Waals surface area contributed by atoms with Crippen molar-refractivity contribution in [1.82, 2.24) is 5.32 Å². The standard InChI is InChI=1S/C18H21NO/c1-19-18(13-14-7-8-14)15-9-11-17(12-10-15)20-16-5-3-2-4-6-16/h2-6,9-12,14,18-19H,7-8,13H2,1H3. The topological polar surface area (TPSA) is 21.3 Å². The van der Waals surface area contributed by atoms with Crippen molar-refractivity contribution in [2.24, 2.45) is 5.92 Å². The average molecular weight is 267 g/mol. The van der Waals surface area contributed by atoms with E-state index in [1.807, 2.05) is 37.4 Å². The molecule has 1 aliphatic carbocycles. The van der Waals surface area contributed by atoms with Gasteiger partial charge in [-0.3, -0.25) is 0 Å². The summed E-state index contributed by atoms with van der Waals surface area (Å²) in [5.74, 6) is 2.69. The third kappa shape index (κ3) is 3.40. The third-order valence-electron chi connectivity index (χ3n) is 3.88. The zero-order valence-electron chi connectivity index (χ0n) is 11.9. The van der Waals surface area contributed by atoms with Crippen LogP contribution in [0.1, 0.15) is 30.9 Å². The number of hydrogen-bond acceptors (Lipinski definition) is 2. The highest BCUT2D eigenvalue weighted by Gasteiger charge is 2.25. The van der Waals surface area contributed by atoms with Gasteiger partial charge in [-0.25, -0.2) is 0 Å². The molecule has 0 spiro atoms. The molecule has 1 atom stereocenters. The Morgan fingerprint density at radius 2 is 1.65 bits per heavy atom. The molecule has 0 aromatic heterocycles. The van der Waals surface area contributed by atoms with Crippen molar-refractivity contribution >= 4 is 0 Å². The van der Waals surface area contributed by atoms with Crippen LogP contribution in [-0.2, 0) is 0 Å². The third-order valence-corrected chi connectivity index (χ3v) is 3.88. The summed E-state index contributed by atoms with van der Waals surface area (Å²) in [5.41, 5.74) is 1.35. The normalized spacial score (nSPS) is 15.8. The molecule has 2 heteroatoms. The Morgan fingerprint density at radius 1 is 1.00 bits per heavy atom. The lowest BCUT2D eigenvalue weighted by molar-refractivity contribution is 0.480. The molecule has 104 valence electrons. The van der Waals surface area contributed by atoms with E-state index in [-0.39, 0.29) is 0 Å². The van der Waals surface area contributed by atoms with Crippen LogP contribution in [0.5, 0.6) is 11.5 Å². The zero-order valence-corrected chi connectivity index (χ0v) is 11.9. The van der Waals surface area contributed by atoms with Gasteiger partial charge in [-0.2, -0.15) is 0 Å². The number of benzene rings is 2. The van der Waals surface area contributed by atoms with Crippen LogP contribution in [0.15, 0.2) is 54.6 Å². The molecule has 3 rings (SSSR count). The smallest absolute Gasteiger partial charge is 0.127 e. The Hall–Kier alpha value is -1.80. The average Bonchev–Trinajstić information content (AvgIpc) is 3.31. The van der Waals surface area contributed by atoms with Crippen LogP contribution in [0.3, 0.4) is 0 Å². The van der Waals surface area contributed by atoms with E-state index in [0.717, 1.165) is 17.4 Å². The molecular weight excluding hydrogens is 246 g/mol. The highest BCUT2D eigenvalue weighted by molar-refractivity contribution is 5.34. The van der Waals surface area contributed by atoms with E-state index >= 15 is 0 Å². The number of para-hydroxylation sites is 1. The van der Waals surface area contributed by atoms with Crippen molar-refractivity contribution < 1.29 is 4.74 Å². The maximum absolute atomic E-state index is 5.82. The lowest BCUT2D eigenvalue weighted by Crippen LogP contribution is -2.16. The molecule has 0 aliphatic heterocycles. The van der Waals surface area contributed by atoms with Crippen LogP contribution < -0.4 is 10.1 Å². The van der Waals surface area contributed by atoms with Gasteiger partial charge < -0.3 is 10.1 Å². The number of hydrogen-bond donors (Lipinski definition) is 1. The molecule has 1 unspecified atom stereocenters. The van der Waals surface area contributed by atoms with E-state index in [0.29, 0.717) is 6.04 Å². The van der Waals surface area contributed by atoms with Gasteiger partial charge in [-0.05, 0) is 49.2 Å². The zero-order chi connectivity index (χ0) is 13.8. The fourth-order valence-corrected chi connectivity index (χ4v) is 2.50. The van der Waals surface area contributed by atoms with Crippen molar-refractivity contribution in [2.75, 3.05) is 7.05 Å². The lowest BCUT2D eigenvalue weighted by Gasteiger charge is -2.16. The van der Waals surface area contributed by atoms with Gasteiger partial charge in [0.15, 0.2) is 0 Å². The van der Waals surface area contributed by atoms with E-state index in [1.165, 1.54) is 24.8 Å². The molecule has 2 nitrogen and oxygen atoms in total. The largest absolute Gasteiger partial charge is 0.457 e. The molecule has 1 saturated carbocycles. The van der Waals surface area contributed by atoms with Gasteiger partial charge in [-0.15, -0.1) is 0 Å². The maximum Gasteiger partial charge on any atom is 0.127 e. The molecule has 1 N–H and O–H groups in total. The van der Waals surface area contributed by atoms with Gasteiger partial charge in [0.2, 0.25) is 0 Å². The van der Waals surface area contributed by atoms with E-state index in [9.17, 15) is 0 Å². The van der Waals surface area contributed by atoms with E-state index in [1.54, 1.807) is 0 Å². The van der Waals surface area contributed by atoms with Crippen LogP contribution in [0.4, 0.5) is 0 Å². The first-order valence-corrected chi connectivity index (χ1v) is 7.35. The fourth-order valence-electron chi connectivity index (χ4n) is 2.50. The van der Waals surface area contributed by atoms with E-state index < -0.39 is 0 Å². The van der Waals surface area contributed by atoms with Gasteiger partial charge in [0.05, 0.1) is 0 Å². The van der Waals surface area contributed by atoms with Crippen molar-refractivity contribution in [3.05, 3.63) is 60.2 Å².